The molecule has 2 fully saturated rings. The number of allylic oxidation sites excluding steroid dienone is 6. The normalized spacial score (nSPS) is 31.7. The van der Waals surface area contributed by atoms with Crippen LogP contribution in [-0.4, -0.2) is 22.4 Å². The molecule has 1 heterocycles. The van der Waals surface area contributed by atoms with E-state index in [2.05, 4.69) is 73.6 Å². The fourth-order valence-corrected chi connectivity index (χ4v) is 6.27. The quantitative estimate of drug-likeness (QED) is 0.341. The highest BCUT2D eigenvalue weighted by Gasteiger charge is 2.54. The van der Waals surface area contributed by atoms with E-state index in [0.29, 0.717) is 11.3 Å². The Labute approximate surface area is 199 Å². The van der Waals surface area contributed by atoms with Crippen molar-refractivity contribution in [3.63, 3.8) is 0 Å². The molecule has 0 aromatic carbocycles. The monoisotopic (exact) mass is 444 g/mol. The molecule has 1 saturated carbocycles. The highest BCUT2D eigenvalue weighted by Crippen LogP contribution is 2.55. The number of hydrogen-bond donors (Lipinski definition) is 1. The van der Waals surface area contributed by atoms with Crippen LogP contribution in [0.25, 0.3) is 0 Å². The second-order valence-corrected chi connectivity index (χ2v) is 12.2. The maximum atomic E-state index is 11.1. The Bertz CT molecular complexity index is 694. The van der Waals surface area contributed by atoms with E-state index in [9.17, 15) is 5.11 Å². The number of hydrogen-bond acceptors (Lipinski definition) is 2. The van der Waals surface area contributed by atoms with Crippen LogP contribution in [0.4, 0.5) is 0 Å². The van der Waals surface area contributed by atoms with Gasteiger partial charge in [0.25, 0.3) is 0 Å². The van der Waals surface area contributed by atoms with Gasteiger partial charge in [0.15, 0.2) is 0 Å². The molecule has 0 radical (unpaired) electrons. The third kappa shape index (κ3) is 7.59. The fraction of sp³-hybridized carbons (Fsp3) is 0.800. The Balaban J connectivity index is 1.80. The zero-order valence-corrected chi connectivity index (χ0v) is 22.5. The van der Waals surface area contributed by atoms with Crippen molar-refractivity contribution in [1.29, 1.82) is 0 Å². The first-order valence-electron chi connectivity index (χ1n) is 13.2. The molecule has 32 heavy (non-hydrogen) atoms. The van der Waals surface area contributed by atoms with Crippen LogP contribution in [-0.2, 0) is 4.74 Å². The van der Waals surface area contributed by atoms with Gasteiger partial charge in [-0.15, -0.1) is 0 Å². The van der Waals surface area contributed by atoms with E-state index in [1.165, 1.54) is 36.0 Å². The molecule has 1 aliphatic heterocycles. The molecule has 0 amide bonds. The average Bonchev–Trinajstić information content (AvgIpc) is 2.66. The first-order valence-corrected chi connectivity index (χ1v) is 13.2. The van der Waals surface area contributed by atoms with Crippen LogP contribution in [0.3, 0.4) is 0 Å². The van der Waals surface area contributed by atoms with Crippen molar-refractivity contribution in [3.05, 3.63) is 34.9 Å². The van der Waals surface area contributed by atoms with Crippen molar-refractivity contribution in [1.82, 2.24) is 0 Å². The lowest BCUT2D eigenvalue weighted by Crippen LogP contribution is -2.60. The molecule has 1 aliphatic carbocycles. The molecule has 0 bridgehead atoms. The summed E-state index contributed by atoms with van der Waals surface area (Å²) in [5.74, 6) is 0.602. The van der Waals surface area contributed by atoms with E-state index >= 15 is 0 Å². The molecular formula is C30H52O2. The van der Waals surface area contributed by atoms with Crippen molar-refractivity contribution >= 4 is 0 Å². The van der Waals surface area contributed by atoms with Gasteiger partial charge in [0, 0.05) is 0 Å². The minimum Gasteiger partial charge on any atom is -0.390 e. The topological polar surface area (TPSA) is 29.5 Å². The van der Waals surface area contributed by atoms with E-state index < -0.39 is 11.7 Å². The van der Waals surface area contributed by atoms with Crippen molar-refractivity contribution in [2.45, 2.75) is 143 Å². The highest BCUT2D eigenvalue weighted by molar-refractivity contribution is 5.07. The van der Waals surface area contributed by atoms with Crippen LogP contribution < -0.4 is 0 Å². The Morgan fingerprint density at radius 3 is 2.09 bits per heavy atom. The molecule has 4 atom stereocenters. The van der Waals surface area contributed by atoms with Gasteiger partial charge in [0.05, 0.1) is 17.3 Å². The summed E-state index contributed by atoms with van der Waals surface area (Å²) in [4.78, 5) is 0. The lowest BCUT2D eigenvalue weighted by Gasteiger charge is -2.58. The first-order chi connectivity index (χ1) is 14.9. The molecule has 0 spiro atoms. The molecule has 2 aliphatic rings. The van der Waals surface area contributed by atoms with Crippen LogP contribution in [0.5, 0.6) is 0 Å². The van der Waals surface area contributed by atoms with Crippen molar-refractivity contribution < 1.29 is 9.84 Å². The van der Waals surface area contributed by atoms with Gasteiger partial charge < -0.3 is 9.84 Å². The van der Waals surface area contributed by atoms with Gasteiger partial charge in [0.1, 0.15) is 0 Å². The summed E-state index contributed by atoms with van der Waals surface area (Å²) >= 11 is 0. The molecule has 0 unspecified atom stereocenters. The number of aliphatic hydroxyl groups excluding tert-OH is 1. The average molecular weight is 445 g/mol. The fourth-order valence-electron chi connectivity index (χ4n) is 6.27. The van der Waals surface area contributed by atoms with Gasteiger partial charge in [0.2, 0.25) is 0 Å². The molecule has 1 saturated heterocycles. The van der Waals surface area contributed by atoms with Crippen LogP contribution in [0.1, 0.15) is 126 Å². The van der Waals surface area contributed by atoms with E-state index in [4.69, 9.17) is 4.74 Å². The van der Waals surface area contributed by atoms with E-state index in [1.54, 1.807) is 0 Å². The van der Waals surface area contributed by atoms with E-state index in [0.717, 1.165) is 51.4 Å². The third-order valence-electron chi connectivity index (χ3n) is 8.33. The molecule has 1 N–H and O–H groups in total. The summed E-state index contributed by atoms with van der Waals surface area (Å²) < 4.78 is 6.78. The SMILES string of the molecule is CC(C)=CCC/C(C)=C/CC/C(C)=C/CC[C@H](O)[C@]1(C)CC[C@H]2C(C)(C)CCC[C@]2(C)O1. The molecule has 184 valence electrons. The largest absolute Gasteiger partial charge is 0.390 e. The predicted octanol–water partition coefficient (Wildman–Crippen LogP) is 8.70. The predicted molar refractivity (Wildman–Crippen MR) is 139 cm³/mol. The molecule has 2 nitrogen and oxygen atoms in total. The maximum absolute atomic E-state index is 11.1. The van der Waals surface area contributed by atoms with Gasteiger partial charge in [-0.3, -0.25) is 0 Å². The Morgan fingerprint density at radius 2 is 1.47 bits per heavy atom. The van der Waals surface area contributed by atoms with Crippen LogP contribution in [0.2, 0.25) is 0 Å². The van der Waals surface area contributed by atoms with Gasteiger partial charge in [-0.05, 0) is 117 Å². The number of ether oxygens (including phenoxy) is 1. The summed E-state index contributed by atoms with van der Waals surface area (Å²) in [6, 6.07) is 0. The zero-order valence-electron chi connectivity index (χ0n) is 22.5. The van der Waals surface area contributed by atoms with Gasteiger partial charge in [-0.25, -0.2) is 0 Å². The summed E-state index contributed by atoms with van der Waals surface area (Å²) in [6.07, 6.45) is 18.7. The Kier molecular flexibility index (Phi) is 9.86. The zero-order chi connectivity index (χ0) is 24.0. The first kappa shape index (κ1) is 27.4. The van der Waals surface area contributed by atoms with Crippen molar-refractivity contribution in [2.24, 2.45) is 11.3 Å². The second kappa shape index (κ2) is 11.5. The molecule has 0 aromatic heterocycles. The van der Waals surface area contributed by atoms with Gasteiger partial charge >= 0.3 is 0 Å². The van der Waals surface area contributed by atoms with Gasteiger partial charge in [-0.1, -0.05) is 55.2 Å². The molecule has 2 rings (SSSR count). The molecular weight excluding hydrogens is 392 g/mol. The summed E-state index contributed by atoms with van der Waals surface area (Å²) in [5, 5.41) is 11.1. The van der Waals surface area contributed by atoms with Crippen molar-refractivity contribution in [3.8, 4) is 0 Å². The maximum Gasteiger partial charge on any atom is 0.0919 e. The van der Waals surface area contributed by atoms with Crippen LogP contribution >= 0.6 is 0 Å². The number of fused-ring (bicyclic) bond motifs is 1. The minimum atomic E-state index is -0.411. The molecule has 2 heteroatoms. The van der Waals surface area contributed by atoms with Crippen LogP contribution in [0.15, 0.2) is 34.9 Å². The number of aliphatic hydroxyl groups is 1. The Hall–Kier alpha value is -0.860. The van der Waals surface area contributed by atoms with Crippen molar-refractivity contribution in [2.75, 3.05) is 0 Å². The van der Waals surface area contributed by atoms with E-state index in [-0.39, 0.29) is 5.60 Å². The third-order valence-corrected chi connectivity index (χ3v) is 8.33. The minimum absolute atomic E-state index is 0.0860. The Morgan fingerprint density at radius 1 is 0.875 bits per heavy atom. The lowest BCUT2D eigenvalue weighted by atomic mass is 9.58. The van der Waals surface area contributed by atoms with E-state index in [1.807, 2.05) is 0 Å². The summed E-state index contributed by atoms with van der Waals surface area (Å²) in [5.41, 5.74) is 4.18. The second-order valence-electron chi connectivity index (χ2n) is 12.2. The standard InChI is InChI=1S/C30H52O2/c1-23(2)13-9-14-24(3)15-10-16-25(4)17-11-18-27(31)30(8)22-19-26-28(5,6)20-12-21-29(26,7)32-30/h13,15,17,26-27,31H,9-12,14,16,18-22H2,1-8H3/b24-15+,25-17+/t26-,27-,29-,30-/m0/s1. The summed E-state index contributed by atoms with van der Waals surface area (Å²) in [7, 11) is 0. The lowest BCUT2D eigenvalue weighted by molar-refractivity contribution is -0.265. The van der Waals surface area contributed by atoms with Gasteiger partial charge in [-0.2, -0.15) is 0 Å². The summed E-state index contributed by atoms with van der Waals surface area (Å²) in [6.45, 7) is 18.1. The molecule has 0 aromatic rings. The smallest absolute Gasteiger partial charge is 0.0919 e. The number of rotatable bonds is 10. The highest BCUT2D eigenvalue weighted by atomic mass is 16.5. The van der Waals surface area contributed by atoms with Crippen LogP contribution in [0, 0.1) is 11.3 Å².